The van der Waals surface area contributed by atoms with Crippen LogP contribution in [0.25, 0.3) is 16.6 Å². The minimum atomic E-state index is -0.0751. The van der Waals surface area contributed by atoms with E-state index in [0.717, 1.165) is 39.3 Å². The van der Waals surface area contributed by atoms with E-state index in [0.29, 0.717) is 6.54 Å². The smallest absolute Gasteiger partial charge is 0.250 e. The zero-order valence-corrected chi connectivity index (χ0v) is 18.2. The molecule has 2 aromatic carbocycles. The Kier molecular flexibility index (Phi) is 5.68. The highest BCUT2D eigenvalue weighted by molar-refractivity contribution is 6.02. The second-order valence-corrected chi connectivity index (χ2v) is 7.78. The third-order valence-corrected chi connectivity index (χ3v) is 5.18. The van der Waals surface area contributed by atoms with Crippen molar-refractivity contribution in [2.24, 2.45) is 0 Å². The number of nitrogens with one attached hydrogen (secondary N) is 1. The van der Waals surface area contributed by atoms with Gasteiger partial charge in [-0.3, -0.25) is 9.20 Å². The van der Waals surface area contributed by atoms with Gasteiger partial charge in [0.05, 0.1) is 23.6 Å². The largest absolute Gasteiger partial charge is 0.338 e. The van der Waals surface area contributed by atoms with Crippen LogP contribution in [0.2, 0.25) is 0 Å². The van der Waals surface area contributed by atoms with Gasteiger partial charge in [0.2, 0.25) is 5.91 Å². The molecule has 0 aliphatic carbocycles. The van der Waals surface area contributed by atoms with Gasteiger partial charge in [0, 0.05) is 31.0 Å². The molecule has 0 saturated carbocycles. The van der Waals surface area contributed by atoms with Crippen molar-refractivity contribution in [3.05, 3.63) is 72.7 Å². The van der Waals surface area contributed by atoms with Gasteiger partial charge >= 0.3 is 0 Å². The summed E-state index contributed by atoms with van der Waals surface area (Å²) < 4.78 is 1.99. The molecule has 0 aliphatic rings. The Balaban J connectivity index is 1.70. The van der Waals surface area contributed by atoms with E-state index in [4.69, 9.17) is 4.98 Å². The lowest BCUT2D eigenvalue weighted by atomic mass is 10.2. The molecule has 0 atom stereocenters. The highest BCUT2D eigenvalue weighted by Gasteiger charge is 2.13. The molecule has 1 amide bonds. The monoisotopic (exact) mass is 414 g/mol. The van der Waals surface area contributed by atoms with Gasteiger partial charge in [0.25, 0.3) is 0 Å². The SMILES string of the molecule is Cc1ccccc1Nc1nc2ccc(N(C)C(=O)/C=C/CN(C)C)cc2n2cncc12. The molecule has 0 spiro atoms. The normalized spacial score (nSPS) is 11.6. The van der Waals surface area contributed by atoms with Crippen molar-refractivity contribution in [2.75, 3.05) is 37.9 Å². The number of aryl methyl sites for hydroxylation is 1. The van der Waals surface area contributed by atoms with Crippen molar-refractivity contribution in [3.63, 3.8) is 0 Å². The lowest BCUT2D eigenvalue weighted by Crippen LogP contribution is -2.24. The maximum atomic E-state index is 12.5. The topological polar surface area (TPSA) is 65.8 Å². The second-order valence-electron chi connectivity index (χ2n) is 7.78. The number of hydrogen-bond donors (Lipinski definition) is 1. The Hall–Kier alpha value is -3.71. The van der Waals surface area contributed by atoms with E-state index in [2.05, 4.69) is 23.3 Å². The van der Waals surface area contributed by atoms with E-state index in [1.165, 1.54) is 0 Å². The van der Waals surface area contributed by atoms with Crippen molar-refractivity contribution in [3.8, 4) is 0 Å². The number of likely N-dealkylation sites (N-methyl/N-ethyl adjacent to an activating group) is 2. The maximum Gasteiger partial charge on any atom is 0.250 e. The number of carbonyl (C=O) groups is 1. The van der Waals surface area contributed by atoms with Crippen LogP contribution in [0.4, 0.5) is 17.2 Å². The van der Waals surface area contributed by atoms with E-state index in [9.17, 15) is 4.79 Å². The van der Waals surface area contributed by atoms with E-state index in [1.54, 1.807) is 30.5 Å². The number of benzene rings is 2. The van der Waals surface area contributed by atoms with Crippen molar-refractivity contribution in [1.82, 2.24) is 19.3 Å². The Bertz CT molecular complexity index is 1270. The summed E-state index contributed by atoms with van der Waals surface area (Å²) in [6.45, 7) is 2.77. The van der Waals surface area contributed by atoms with Crippen LogP contribution in [0.5, 0.6) is 0 Å². The van der Waals surface area contributed by atoms with E-state index >= 15 is 0 Å². The third kappa shape index (κ3) is 4.27. The first-order chi connectivity index (χ1) is 14.9. The Morgan fingerprint density at radius 1 is 1.13 bits per heavy atom. The van der Waals surface area contributed by atoms with Gasteiger partial charge < -0.3 is 15.1 Å². The fourth-order valence-electron chi connectivity index (χ4n) is 3.38. The van der Waals surface area contributed by atoms with Gasteiger partial charge in [-0.15, -0.1) is 0 Å². The summed E-state index contributed by atoms with van der Waals surface area (Å²) in [6.07, 6.45) is 7.02. The summed E-state index contributed by atoms with van der Waals surface area (Å²) in [7, 11) is 5.71. The van der Waals surface area contributed by atoms with Crippen LogP contribution >= 0.6 is 0 Å². The molecule has 4 rings (SSSR count). The number of amides is 1. The number of fused-ring (bicyclic) bond motifs is 3. The lowest BCUT2D eigenvalue weighted by molar-refractivity contribution is -0.113. The van der Waals surface area contributed by atoms with Gasteiger partial charge in [0.15, 0.2) is 5.82 Å². The molecule has 0 fully saturated rings. The number of hydrogen-bond acceptors (Lipinski definition) is 5. The molecule has 158 valence electrons. The zero-order valence-electron chi connectivity index (χ0n) is 18.2. The average Bonchev–Trinajstić information content (AvgIpc) is 3.25. The van der Waals surface area contributed by atoms with Crippen molar-refractivity contribution in [2.45, 2.75) is 6.92 Å². The highest BCUT2D eigenvalue weighted by Crippen LogP contribution is 2.28. The number of para-hydroxylation sites is 1. The van der Waals surface area contributed by atoms with Crippen molar-refractivity contribution in [1.29, 1.82) is 0 Å². The van der Waals surface area contributed by atoms with Crippen molar-refractivity contribution >= 4 is 39.6 Å². The van der Waals surface area contributed by atoms with Gasteiger partial charge in [-0.25, -0.2) is 9.97 Å². The molecule has 0 saturated heterocycles. The summed E-state index contributed by atoms with van der Waals surface area (Å²) in [5.74, 6) is 0.664. The predicted molar refractivity (Wildman–Crippen MR) is 126 cm³/mol. The summed E-state index contributed by atoms with van der Waals surface area (Å²) in [5, 5.41) is 3.43. The Morgan fingerprint density at radius 2 is 1.94 bits per heavy atom. The molecule has 4 aromatic rings. The van der Waals surface area contributed by atoms with E-state index in [-0.39, 0.29) is 5.91 Å². The fraction of sp³-hybridized carbons (Fsp3) is 0.208. The number of carbonyl (C=O) groups excluding carboxylic acids is 1. The third-order valence-electron chi connectivity index (χ3n) is 5.18. The Labute approximate surface area is 181 Å². The van der Waals surface area contributed by atoms with Crippen LogP contribution in [0, 0.1) is 6.92 Å². The molecule has 2 heterocycles. The maximum absolute atomic E-state index is 12.5. The molecule has 0 radical (unpaired) electrons. The van der Waals surface area contributed by atoms with Crippen LogP contribution < -0.4 is 10.2 Å². The molecular formula is C24H26N6O. The Morgan fingerprint density at radius 3 is 2.71 bits per heavy atom. The summed E-state index contributed by atoms with van der Waals surface area (Å²) in [6, 6.07) is 13.9. The molecule has 2 aromatic heterocycles. The number of anilines is 3. The van der Waals surface area contributed by atoms with Gasteiger partial charge in [-0.05, 0) is 50.8 Å². The molecular weight excluding hydrogens is 388 g/mol. The van der Waals surface area contributed by atoms with Crippen LogP contribution in [0.1, 0.15) is 5.56 Å². The molecule has 7 heteroatoms. The van der Waals surface area contributed by atoms with Crippen LogP contribution in [-0.2, 0) is 4.79 Å². The number of rotatable bonds is 6. The molecule has 0 bridgehead atoms. The second kappa shape index (κ2) is 8.57. The number of imidazole rings is 1. The summed E-state index contributed by atoms with van der Waals surface area (Å²) >= 11 is 0. The van der Waals surface area contributed by atoms with Crippen LogP contribution in [0.3, 0.4) is 0 Å². The standard InChI is InChI=1S/C24H26N6O/c1-17-8-5-6-9-19(17)26-24-22-15-25-16-30(22)21-14-18(11-12-20(21)27-24)29(4)23(31)10-7-13-28(2)3/h5-12,14-16H,13H2,1-4H3,(H,26,27)/b10-7+. The first-order valence-electron chi connectivity index (χ1n) is 10.1. The highest BCUT2D eigenvalue weighted by atomic mass is 16.2. The molecule has 31 heavy (non-hydrogen) atoms. The van der Waals surface area contributed by atoms with Crippen LogP contribution in [-0.4, -0.2) is 52.9 Å². The van der Waals surface area contributed by atoms with E-state index in [1.807, 2.05) is 65.9 Å². The average molecular weight is 415 g/mol. The number of nitrogens with zero attached hydrogens (tertiary/aromatic N) is 5. The summed E-state index contributed by atoms with van der Waals surface area (Å²) in [4.78, 5) is 25.3. The van der Waals surface area contributed by atoms with Gasteiger partial charge in [-0.2, -0.15) is 0 Å². The van der Waals surface area contributed by atoms with Gasteiger partial charge in [0.1, 0.15) is 5.52 Å². The first-order valence-corrected chi connectivity index (χ1v) is 10.1. The molecule has 7 nitrogen and oxygen atoms in total. The van der Waals surface area contributed by atoms with Crippen molar-refractivity contribution < 1.29 is 4.79 Å². The minimum absolute atomic E-state index is 0.0751. The van der Waals surface area contributed by atoms with E-state index < -0.39 is 0 Å². The molecule has 0 unspecified atom stereocenters. The van der Waals surface area contributed by atoms with Crippen LogP contribution in [0.15, 0.2) is 67.1 Å². The molecule has 1 N–H and O–H groups in total. The quantitative estimate of drug-likeness (QED) is 0.483. The fourth-order valence-corrected chi connectivity index (χ4v) is 3.38. The van der Waals surface area contributed by atoms with Gasteiger partial charge in [-0.1, -0.05) is 24.3 Å². The minimum Gasteiger partial charge on any atom is -0.338 e. The lowest BCUT2D eigenvalue weighted by Gasteiger charge is -2.17. The zero-order chi connectivity index (χ0) is 22.0. The summed E-state index contributed by atoms with van der Waals surface area (Å²) in [5.41, 5.74) is 5.51. The predicted octanol–water partition coefficient (Wildman–Crippen LogP) is 4.02. The molecule has 0 aliphatic heterocycles. The first kappa shape index (κ1) is 20.6. The number of aromatic nitrogens is 3.